The molecule has 1 aliphatic carbocycles. The summed E-state index contributed by atoms with van der Waals surface area (Å²) < 4.78 is 26.6. The number of aryl methyl sites for hydroxylation is 1. The Labute approximate surface area is 103 Å². The number of hydrogen-bond acceptors (Lipinski definition) is 3. The molecule has 1 fully saturated rings. The Hall–Kier alpha value is -0.940. The highest BCUT2D eigenvalue weighted by atomic mass is 32.2. The summed E-state index contributed by atoms with van der Waals surface area (Å²) in [6.45, 7) is 3.92. The van der Waals surface area contributed by atoms with Crippen molar-refractivity contribution in [3.05, 3.63) is 29.6 Å². The van der Waals surface area contributed by atoms with Gasteiger partial charge in [0.2, 0.25) is 10.0 Å². The summed E-state index contributed by atoms with van der Waals surface area (Å²) >= 11 is 0. The van der Waals surface area contributed by atoms with Crippen LogP contribution in [0.3, 0.4) is 0 Å². The van der Waals surface area contributed by atoms with E-state index >= 15 is 0 Å². The second-order valence-electron chi connectivity index (χ2n) is 4.53. The van der Waals surface area contributed by atoms with Gasteiger partial charge in [-0.3, -0.25) is 4.98 Å². The molecule has 1 atom stereocenters. The third-order valence-corrected chi connectivity index (χ3v) is 5.02. The van der Waals surface area contributed by atoms with E-state index in [-0.39, 0.29) is 11.3 Å². The summed E-state index contributed by atoms with van der Waals surface area (Å²) in [4.78, 5) is 4.29. The number of aromatic nitrogens is 1. The van der Waals surface area contributed by atoms with Crippen molar-refractivity contribution >= 4 is 10.0 Å². The molecular weight excluding hydrogens is 236 g/mol. The second-order valence-corrected chi connectivity index (χ2v) is 6.52. The van der Waals surface area contributed by atoms with E-state index < -0.39 is 10.0 Å². The summed E-state index contributed by atoms with van der Waals surface area (Å²) in [5.74, 6) is 0. The fourth-order valence-electron chi connectivity index (χ4n) is 1.87. The largest absolute Gasteiger partial charge is 0.259 e. The Balaban J connectivity index is 2.20. The maximum absolute atomic E-state index is 11.9. The van der Waals surface area contributed by atoms with Gasteiger partial charge in [0.1, 0.15) is 0 Å². The Bertz CT molecular complexity index is 495. The molecule has 1 aliphatic rings. The van der Waals surface area contributed by atoms with E-state index in [4.69, 9.17) is 0 Å². The summed E-state index contributed by atoms with van der Waals surface area (Å²) in [5, 5.41) is -0.180. The average Bonchev–Trinajstić information content (AvgIpc) is 3.11. The van der Waals surface area contributed by atoms with Gasteiger partial charge in [-0.15, -0.1) is 0 Å². The van der Waals surface area contributed by atoms with Crippen molar-refractivity contribution in [2.45, 2.75) is 44.4 Å². The molecule has 2 rings (SSSR count). The maximum Gasteiger partial charge on any atom is 0.215 e. The molecule has 1 aromatic heterocycles. The van der Waals surface area contributed by atoms with E-state index in [1.165, 1.54) is 0 Å². The molecule has 1 heterocycles. The van der Waals surface area contributed by atoms with Crippen LogP contribution in [0.5, 0.6) is 0 Å². The molecule has 0 aliphatic heterocycles. The smallest absolute Gasteiger partial charge is 0.215 e. The molecule has 0 saturated heterocycles. The zero-order valence-corrected chi connectivity index (χ0v) is 11.0. The summed E-state index contributed by atoms with van der Waals surface area (Å²) in [5.41, 5.74) is 1.86. The minimum Gasteiger partial charge on any atom is -0.259 e. The van der Waals surface area contributed by atoms with Crippen molar-refractivity contribution in [2.75, 3.05) is 0 Å². The van der Waals surface area contributed by atoms with Gasteiger partial charge in [-0.25, -0.2) is 13.1 Å². The van der Waals surface area contributed by atoms with E-state index in [9.17, 15) is 8.42 Å². The van der Waals surface area contributed by atoms with Crippen LogP contribution < -0.4 is 4.72 Å². The molecule has 0 amide bonds. The molecular formula is C12H18N2O2S. The fourth-order valence-corrected chi connectivity index (χ4v) is 3.49. The normalized spacial score (nSPS) is 18.0. The van der Waals surface area contributed by atoms with Gasteiger partial charge in [0.05, 0.1) is 17.0 Å². The topological polar surface area (TPSA) is 59.1 Å². The van der Waals surface area contributed by atoms with E-state index in [2.05, 4.69) is 9.71 Å². The highest BCUT2D eigenvalue weighted by Crippen LogP contribution is 2.30. The van der Waals surface area contributed by atoms with Gasteiger partial charge < -0.3 is 0 Å². The highest BCUT2D eigenvalue weighted by Gasteiger charge is 2.37. The van der Waals surface area contributed by atoms with Crippen LogP contribution in [0.1, 0.15) is 43.5 Å². The summed E-state index contributed by atoms with van der Waals surface area (Å²) in [6, 6.07) is 3.61. The third-order valence-electron chi connectivity index (χ3n) is 3.06. The van der Waals surface area contributed by atoms with Crippen LogP contribution in [0, 0.1) is 6.92 Å². The Kier molecular flexibility index (Phi) is 3.49. The van der Waals surface area contributed by atoms with Crippen LogP contribution in [0.25, 0.3) is 0 Å². The van der Waals surface area contributed by atoms with Gasteiger partial charge in [-0.05, 0) is 37.8 Å². The first-order valence-corrected chi connectivity index (χ1v) is 7.52. The van der Waals surface area contributed by atoms with Crippen molar-refractivity contribution in [1.82, 2.24) is 9.71 Å². The Morgan fingerprint density at radius 3 is 2.76 bits per heavy atom. The van der Waals surface area contributed by atoms with Gasteiger partial charge in [-0.1, -0.05) is 13.0 Å². The lowest BCUT2D eigenvalue weighted by Gasteiger charge is -2.18. The molecule has 0 bridgehead atoms. The SMILES string of the molecule is CC[C@H](NS(=O)(=O)C1CC1)c1ncccc1C. The van der Waals surface area contributed by atoms with Gasteiger partial charge in [0.15, 0.2) is 0 Å². The minimum absolute atomic E-state index is 0.180. The first-order valence-electron chi connectivity index (χ1n) is 5.97. The third kappa shape index (κ3) is 2.84. The monoisotopic (exact) mass is 254 g/mol. The molecule has 5 heteroatoms. The molecule has 4 nitrogen and oxygen atoms in total. The maximum atomic E-state index is 11.9. The quantitative estimate of drug-likeness (QED) is 0.873. The lowest BCUT2D eigenvalue weighted by Crippen LogP contribution is -2.32. The molecule has 94 valence electrons. The van der Waals surface area contributed by atoms with Gasteiger partial charge in [0.25, 0.3) is 0 Å². The molecule has 17 heavy (non-hydrogen) atoms. The van der Waals surface area contributed by atoms with Crippen molar-refractivity contribution in [3.8, 4) is 0 Å². The Morgan fingerprint density at radius 2 is 2.24 bits per heavy atom. The molecule has 0 unspecified atom stereocenters. The summed E-state index contributed by atoms with van der Waals surface area (Å²) in [6.07, 6.45) is 3.99. The first-order chi connectivity index (χ1) is 8.04. The Morgan fingerprint density at radius 1 is 1.53 bits per heavy atom. The molecule has 0 aromatic carbocycles. The van der Waals surface area contributed by atoms with Crippen LogP contribution in [0.4, 0.5) is 0 Å². The number of hydrogen-bond donors (Lipinski definition) is 1. The minimum atomic E-state index is -3.15. The fraction of sp³-hybridized carbons (Fsp3) is 0.583. The lowest BCUT2D eigenvalue weighted by molar-refractivity contribution is 0.542. The zero-order chi connectivity index (χ0) is 12.5. The van der Waals surface area contributed by atoms with Crippen molar-refractivity contribution in [2.24, 2.45) is 0 Å². The zero-order valence-electron chi connectivity index (χ0n) is 10.2. The first kappa shape index (κ1) is 12.5. The van der Waals surface area contributed by atoms with Gasteiger partial charge in [-0.2, -0.15) is 0 Å². The highest BCUT2D eigenvalue weighted by molar-refractivity contribution is 7.90. The van der Waals surface area contributed by atoms with E-state index in [1.54, 1.807) is 6.20 Å². The van der Waals surface area contributed by atoms with Crippen molar-refractivity contribution in [3.63, 3.8) is 0 Å². The van der Waals surface area contributed by atoms with Gasteiger partial charge >= 0.3 is 0 Å². The molecule has 0 spiro atoms. The van der Waals surface area contributed by atoms with E-state index in [0.717, 1.165) is 24.1 Å². The number of rotatable bonds is 5. The molecule has 0 radical (unpaired) electrons. The standard InChI is InChI=1S/C12H18N2O2S/c1-3-11(12-9(2)5-4-8-13-12)14-17(15,16)10-6-7-10/h4-5,8,10-11,14H,3,6-7H2,1-2H3/t11-/m0/s1. The van der Waals surface area contributed by atoms with Crippen molar-refractivity contribution in [1.29, 1.82) is 0 Å². The van der Waals surface area contributed by atoms with Crippen LogP contribution in [0.15, 0.2) is 18.3 Å². The summed E-state index contributed by atoms with van der Waals surface area (Å²) in [7, 11) is -3.15. The van der Waals surface area contributed by atoms with Crippen molar-refractivity contribution < 1.29 is 8.42 Å². The second kappa shape index (κ2) is 4.74. The lowest BCUT2D eigenvalue weighted by atomic mass is 10.1. The van der Waals surface area contributed by atoms with Crippen LogP contribution >= 0.6 is 0 Å². The molecule has 1 saturated carbocycles. The predicted molar refractivity (Wildman–Crippen MR) is 67.1 cm³/mol. The average molecular weight is 254 g/mol. The predicted octanol–water partition coefficient (Wildman–Crippen LogP) is 1.92. The number of pyridine rings is 1. The van der Waals surface area contributed by atoms with E-state index in [0.29, 0.717) is 6.42 Å². The van der Waals surface area contributed by atoms with E-state index in [1.807, 2.05) is 26.0 Å². The van der Waals surface area contributed by atoms with Crippen LogP contribution in [-0.4, -0.2) is 18.7 Å². The number of sulfonamides is 1. The molecule has 1 aromatic rings. The van der Waals surface area contributed by atoms with Crippen LogP contribution in [0.2, 0.25) is 0 Å². The van der Waals surface area contributed by atoms with Gasteiger partial charge in [0, 0.05) is 6.20 Å². The van der Waals surface area contributed by atoms with Crippen LogP contribution in [-0.2, 0) is 10.0 Å². The molecule has 1 N–H and O–H groups in total. The number of nitrogens with one attached hydrogen (secondary N) is 1. The number of nitrogens with zero attached hydrogens (tertiary/aromatic N) is 1.